The first-order chi connectivity index (χ1) is 15.4. The summed E-state index contributed by atoms with van der Waals surface area (Å²) in [6, 6.07) is 9.56. The number of anilines is 2. The van der Waals surface area contributed by atoms with Crippen molar-refractivity contribution in [2.24, 2.45) is 11.3 Å². The number of hydrogen-bond donors (Lipinski definition) is 1. The van der Waals surface area contributed by atoms with Crippen LogP contribution >= 0.6 is 0 Å². The number of carbonyl (C=O) groups excluding carboxylic acids is 2. The normalized spacial score (nSPS) is 21.1. The van der Waals surface area contributed by atoms with E-state index in [1.165, 1.54) is 6.07 Å². The van der Waals surface area contributed by atoms with E-state index in [2.05, 4.69) is 5.32 Å². The van der Waals surface area contributed by atoms with Crippen molar-refractivity contribution in [2.45, 2.75) is 59.1 Å². The quantitative estimate of drug-likeness (QED) is 0.579. The van der Waals surface area contributed by atoms with Gasteiger partial charge >= 0.3 is 6.18 Å². The molecule has 2 amide bonds. The Hall–Kier alpha value is -2.83. The van der Waals surface area contributed by atoms with E-state index in [0.29, 0.717) is 5.56 Å². The number of carbonyl (C=O) groups is 2. The van der Waals surface area contributed by atoms with Crippen LogP contribution in [0.1, 0.15) is 61.3 Å². The molecular weight excluding hydrogens is 429 g/mol. The molecule has 2 aromatic carbocycles. The maximum Gasteiger partial charge on any atom is 0.416 e. The highest BCUT2D eigenvalue weighted by Crippen LogP contribution is 2.45. The van der Waals surface area contributed by atoms with E-state index >= 15 is 0 Å². The van der Waals surface area contributed by atoms with Crippen LogP contribution in [0.3, 0.4) is 0 Å². The van der Waals surface area contributed by atoms with Gasteiger partial charge in [-0.05, 0) is 73.4 Å². The smallest absolute Gasteiger partial charge is 0.326 e. The molecule has 4 rings (SSSR count). The predicted octanol–water partition coefficient (Wildman–Crippen LogP) is 6.22. The van der Waals surface area contributed by atoms with Crippen molar-refractivity contribution in [3.05, 3.63) is 58.7 Å². The van der Waals surface area contributed by atoms with Crippen LogP contribution in [-0.2, 0) is 15.8 Å². The summed E-state index contributed by atoms with van der Waals surface area (Å²) in [6.07, 6.45) is -2.78. The third-order valence-corrected chi connectivity index (χ3v) is 7.06. The summed E-state index contributed by atoms with van der Waals surface area (Å²) in [5.74, 6) is -0.654. The Morgan fingerprint density at radius 3 is 2.30 bits per heavy atom. The fourth-order valence-corrected chi connectivity index (χ4v) is 4.82. The first-order valence-corrected chi connectivity index (χ1v) is 11.3. The van der Waals surface area contributed by atoms with E-state index in [4.69, 9.17) is 0 Å². The molecule has 1 aliphatic heterocycles. The molecular formula is C26H29F3N2O2. The number of aryl methyl sites for hydroxylation is 2. The summed E-state index contributed by atoms with van der Waals surface area (Å²) >= 11 is 0. The zero-order valence-electron chi connectivity index (χ0n) is 19.3. The molecule has 2 aliphatic rings. The molecule has 0 aromatic heterocycles. The second kappa shape index (κ2) is 8.19. The van der Waals surface area contributed by atoms with Gasteiger partial charge in [0.15, 0.2) is 0 Å². The summed E-state index contributed by atoms with van der Waals surface area (Å²) in [4.78, 5) is 28.3. The van der Waals surface area contributed by atoms with Gasteiger partial charge in [0.25, 0.3) is 0 Å². The van der Waals surface area contributed by atoms with Crippen molar-refractivity contribution in [2.75, 3.05) is 16.8 Å². The molecule has 1 saturated heterocycles. The Morgan fingerprint density at radius 2 is 1.76 bits per heavy atom. The molecule has 2 aromatic rings. The van der Waals surface area contributed by atoms with Gasteiger partial charge in [-0.2, -0.15) is 13.2 Å². The van der Waals surface area contributed by atoms with Crippen LogP contribution in [0.4, 0.5) is 24.5 Å². The number of alkyl halides is 3. The maximum absolute atomic E-state index is 13.6. The number of rotatable bonds is 5. The second-order valence-corrected chi connectivity index (χ2v) is 9.78. The Bertz CT molecular complexity index is 1080. The molecule has 2 fully saturated rings. The molecule has 33 heavy (non-hydrogen) atoms. The van der Waals surface area contributed by atoms with Gasteiger partial charge in [0.1, 0.15) is 0 Å². The second-order valence-electron chi connectivity index (χ2n) is 9.78. The van der Waals surface area contributed by atoms with Crippen molar-refractivity contribution in [3.8, 4) is 0 Å². The minimum absolute atomic E-state index is 0.0126. The van der Waals surface area contributed by atoms with Crippen LogP contribution < -0.4 is 10.2 Å². The fraction of sp³-hybridized carbons (Fsp3) is 0.462. The molecule has 1 heterocycles. The average molecular weight is 459 g/mol. The minimum atomic E-state index is -4.50. The van der Waals surface area contributed by atoms with Crippen LogP contribution in [0.25, 0.3) is 0 Å². The SMILES string of the molecule is Cc1cccc(C)c1N1CC(C(=O)Nc2cc(C3CC3)cc(C(F)(F)F)c2)(C(C)C)CC1=O. The molecule has 7 heteroatoms. The van der Waals surface area contributed by atoms with E-state index in [9.17, 15) is 22.8 Å². The average Bonchev–Trinajstić information content (AvgIpc) is 3.51. The van der Waals surface area contributed by atoms with Crippen molar-refractivity contribution in [1.82, 2.24) is 0 Å². The van der Waals surface area contributed by atoms with E-state index in [1.807, 2.05) is 45.9 Å². The minimum Gasteiger partial charge on any atom is -0.326 e. The van der Waals surface area contributed by atoms with Crippen molar-refractivity contribution in [3.63, 3.8) is 0 Å². The molecule has 1 unspecified atom stereocenters. The summed E-state index contributed by atoms with van der Waals surface area (Å²) in [6.45, 7) is 7.79. The van der Waals surface area contributed by atoms with Gasteiger partial charge in [-0.15, -0.1) is 0 Å². The summed E-state index contributed by atoms with van der Waals surface area (Å²) in [5, 5.41) is 2.75. The number of para-hydroxylation sites is 1. The summed E-state index contributed by atoms with van der Waals surface area (Å²) in [5.41, 5.74) is 1.60. The molecule has 0 radical (unpaired) electrons. The standard InChI is InChI=1S/C26H29F3N2O2/c1-15(2)25(13-22(32)31(14-25)23-16(3)6-5-7-17(23)4)24(33)30-21-11-19(18-8-9-18)10-20(12-21)26(27,28)29/h5-7,10-12,15,18H,8-9,13-14H2,1-4H3,(H,30,33). The number of nitrogens with one attached hydrogen (secondary N) is 1. The zero-order valence-corrected chi connectivity index (χ0v) is 19.3. The van der Waals surface area contributed by atoms with Gasteiger partial charge < -0.3 is 10.2 Å². The zero-order chi connectivity index (χ0) is 24.1. The third-order valence-electron chi connectivity index (χ3n) is 7.06. The Morgan fingerprint density at radius 1 is 1.12 bits per heavy atom. The molecule has 1 aliphatic carbocycles. The number of nitrogens with zero attached hydrogens (tertiary/aromatic N) is 1. The third kappa shape index (κ3) is 4.37. The first-order valence-electron chi connectivity index (χ1n) is 11.3. The lowest BCUT2D eigenvalue weighted by molar-refractivity contribution is -0.137. The van der Waals surface area contributed by atoms with Gasteiger partial charge in [-0.3, -0.25) is 9.59 Å². The Kier molecular flexibility index (Phi) is 5.79. The van der Waals surface area contributed by atoms with Crippen molar-refractivity contribution >= 4 is 23.2 Å². The van der Waals surface area contributed by atoms with E-state index in [-0.39, 0.29) is 36.4 Å². The predicted molar refractivity (Wildman–Crippen MR) is 122 cm³/mol. The number of benzene rings is 2. The summed E-state index contributed by atoms with van der Waals surface area (Å²) < 4.78 is 40.4. The molecule has 0 spiro atoms. The lowest BCUT2D eigenvalue weighted by Gasteiger charge is -2.32. The summed E-state index contributed by atoms with van der Waals surface area (Å²) in [7, 11) is 0. The largest absolute Gasteiger partial charge is 0.416 e. The number of amides is 2. The van der Waals surface area contributed by atoms with Crippen LogP contribution in [0.2, 0.25) is 0 Å². The Labute approximate surface area is 192 Å². The molecule has 0 bridgehead atoms. The van der Waals surface area contributed by atoms with Gasteiger partial charge in [-0.1, -0.05) is 32.0 Å². The molecule has 1 atom stereocenters. The highest BCUT2D eigenvalue weighted by molar-refractivity contribution is 6.06. The maximum atomic E-state index is 13.6. The van der Waals surface area contributed by atoms with E-state index in [1.54, 1.807) is 11.0 Å². The van der Waals surface area contributed by atoms with Crippen LogP contribution in [0, 0.1) is 25.2 Å². The highest BCUT2D eigenvalue weighted by atomic mass is 19.4. The van der Waals surface area contributed by atoms with Crippen LogP contribution in [-0.4, -0.2) is 18.4 Å². The lowest BCUT2D eigenvalue weighted by atomic mass is 9.75. The lowest BCUT2D eigenvalue weighted by Crippen LogP contribution is -2.43. The Balaban J connectivity index is 1.66. The van der Waals surface area contributed by atoms with E-state index < -0.39 is 23.1 Å². The van der Waals surface area contributed by atoms with Crippen molar-refractivity contribution < 1.29 is 22.8 Å². The molecule has 4 nitrogen and oxygen atoms in total. The molecule has 1 N–H and O–H groups in total. The topological polar surface area (TPSA) is 49.4 Å². The highest BCUT2D eigenvalue weighted by Gasteiger charge is 2.52. The van der Waals surface area contributed by atoms with Crippen molar-refractivity contribution in [1.29, 1.82) is 0 Å². The van der Waals surface area contributed by atoms with Gasteiger partial charge in [-0.25, -0.2) is 0 Å². The van der Waals surface area contributed by atoms with Gasteiger partial charge in [0.2, 0.25) is 11.8 Å². The van der Waals surface area contributed by atoms with Gasteiger partial charge in [0, 0.05) is 24.3 Å². The van der Waals surface area contributed by atoms with Crippen LogP contribution in [0.15, 0.2) is 36.4 Å². The van der Waals surface area contributed by atoms with Crippen LogP contribution in [0.5, 0.6) is 0 Å². The van der Waals surface area contributed by atoms with E-state index in [0.717, 1.165) is 35.7 Å². The molecule has 176 valence electrons. The van der Waals surface area contributed by atoms with Gasteiger partial charge in [0.05, 0.1) is 11.0 Å². The number of halogens is 3. The fourth-order valence-electron chi connectivity index (χ4n) is 4.82. The first kappa shape index (κ1) is 23.3. The number of hydrogen-bond acceptors (Lipinski definition) is 2. The molecule has 1 saturated carbocycles. The monoisotopic (exact) mass is 458 g/mol.